The van der Waals surface area contributed by atoms with Crippen molar-refractivity contribution in [3.63, 3.8) is 0 Å². The highest BCUT2D eigenvalue weighted by Crippen LogP contribution is 2.38. The van der Waals surface area contributed by atoms with Gasteiger partial charge in [0.2, 0.25) is 11.6 Å². The van der Waals surface area contributed by atoms with Crippen molar-refractivity contribution >= 4 is 17.5 Å². The number of ether oxygens (including phenoxy) is 1. The van der Waals surface area contributed by atoms with Gasteiger partial charge < -0.3 is 9.84 Å². The van der Waals surface area contributed by atoms with Crippen LogP contribution in [0.2, 0.25) is 0 Å². The molecule has 160 valence electrons. The van der Waals surface area contributed by atoms with E-state index in [0.29, 0.717) is 11.8 Å². The second-order valence-electron chi connectivity index (χ2n) is 8.02. The van der Waals surface area contributed by atoms with Gasteiger partial charge in [-0.15, -0.1) is 0 Å². The Morgan fingerprint density at radius 2 is 1.79 bits per heavy atom. The maximum absolute atomic E-state index is 11.8. The standard InChI is InChI=1S/C23H38O5/c1-3-4-5-12-21(28-18(2)25)16-15-20-10-6-9-19(20)11-7-13-22(26)23(27)14-8-17-24/h8,14,19-21,24H,3-7,9-13,15-17H2,1-2H3/t19-,20-,21+/m1/s1. The first kappa shape index (κ1) is 24.5. The van der Waals surface area contributed by atoms with Gasteiger partial charge in [-0.3, -0.25) is 14.4 Å². The second-order valence-corrected chi connectivity index (χ2v) is 8.02. The molecule has 1 aliphatic rings. The van der Waals surface area contributed by atoms with Crippen LogP contribution in [0, 0.1) is 11.8 Å². The number of hydrogen-bond acceptors (Lipinski definition) is 5. The molecular weight excluding hydrogens is 356 g/mol. The number of ketones is 2. The van der Waals surface area contributed by atoms with Crippen molar-refractivity contribution in [1.82, 2.24) is 0 Å². The third-order valence-electron chi connectivity index (χ3n) is 5.77. The van der Waals surface area contributed by atoms with Crippen LogP contribution >= 0.6 is 0 Å². The summed E-state index contributed by atoms with van der Waals surface area (Å²) in [6.45, 7) is 3.43. The molecule has 28 heavy (non-hydrogen) atoms. The predicted octanol–water partition coefficient (Wildman–Crippen LogP) is 4.55. The average molecular weight is 395 g/mol. The molecule has 0 unspecified atom stereocenters. The van der Waals surface area contributed by atoms with E-state index in [1.54, 1.807) is 0 Å². The lowest BCUT2D eigenvalue weighted by Crippen LogP contribution is -2.19. The molecule has 0 spiro atoms. The minimum atomic E-state index is -0.520. The fourth-order valence-electron chi connectivity index (χ4n) is 4.29. The number of aliphatic hydroxyl groups excluding tert-OH is 1. The molecule has 0 aromatic heterocycles. The molecule has 1 rings (SSSR count). The molecule has 1 fully saturated rings. The van der Waals surface area contributed by atoms with Gasteiger partial charge in [-0.2, -0.15) is 0 Å². The molecule has 0 aromatic carbocycles. The largest absolute Gasteiger partial charge is 0.463 e. The maximum Gasteiger partial charge on any atom is 0.302 e. The first-order chi connectivity index (χ1) is 13.5. The minimum Gasteiger partial charge on any atom is -0.463 e. The van der Waals surface area contributed by atoms with E-state index in [4.69, 9.17) is 9.84 Å². The Morgan fingerprint density at radius 3 is 2.43 bits per heavy atom. The summed E-state index contributed by atoms with van der Waals surface area (Å²) in [5.74, 6) is 0.148. The van der Waals surface area contributed by atoms with Crippen LogP contribution < -0.4 is 0 Å². The van der Waals surface area contributed by atoms with Crippen molar-refractivity contribution in [3.8, 4) is 0 Å². The molecule has 0 amide bonds. The molecule has 1 aliphatic carbocycles. The third kappa shape index (κ3) is 10.2. The summed E-state index contributed by atoms with van der Waals surface area (Å²) in [6.07, 6.45) is 14.5. The summed E-state index contributed by atoms with van der Waals surface area (Å²) < 4.78 is 5.52. The highest BCUT2D eigenvalue weighted by atomic mass is 16.5. The highest BCUT2D eigenvalue weighted by Gasteiger charge is 2.28. The van der Waals surface area contributed by atoms with Crippen LogP contribution in [-0.2, 0) is 19.1 Å². The van der Waals surface area contributed by atoms with Crippen molar-refractivity contribution in [2.24, 2.45) is 11.8 Å². The summed E-state index contributed by atoms with van der Waals surface area (Å²) >= 11 is 0. The van der Waals surface area contributed by atoms with Gasteiger partial charge in [-0.25, -0.2) is 0 Å². The monoisotopic (exact) mass is 394 g/mol. The molecule has 0 heterocycles. The first-order valence-electron chi connectivity index (χ1n) is 11.0. The molecule has 0 saturated heterocycles. The average Bonchev–Trinajstić information content (AvgIpc) is 3.11. The number of aliphatic hydroxyl groups is 1. The van der Waals surface area contributed by atoms with E-state index >= 15 is 0 Å². The number of carbonyl (C=O) groups is 3. The smallest absolute Gasteiger partial charge is 0.302 e. The summed E-state index contributed by atoms with van der Waals surface area (Å²) in [4.78, 5) is 34.8. The van der Waals surface area contributed by atoms with E-state index in [9.17, 15) is 14.4 Å². The number of allylic oxidation sites excluding steroid dienone is 1. The van der Waals surface area contributed by atoms with Crippen LogP contribution in [0.15, 0.2) is 12.2 Å². The quantitative estimate of drug-likeness (QED) is 0.191. The zero-order valence-electron chi connectivity index (χ0n) is 17.7. The molecule has 0 aromatic rings. The summed E-state index contributed by atoms with van der Waals surface area (Å²) in [5, 5.41) is 8.67. The van der Waals surface area contributed by atoms with Gasteiger partial charge in [0, 0.05) is 13.3 Å². The second kappa shape index (κ2) is 14.5. The van der Waals surface area contributed by atoms with Crippen LogP contribution in [0.4, 0.5) is 0 Å². The topological polar surface area (TPSA) is 80.7 Å². The van der Waals surface area contributed by atoms with Crippen LogP contribution in [0.25, 0.3) is 0 Å². The first-order valence-corrected chi connectivity index (χ1v) is 11.0. The molecule has 5 heteroatoms. The van der Waals surface area contributed by atoms with E-state index in [-0.39, 0.29) is 30.9 Å². The number of unbranched alkanes of at least 4 members (excludes halogenated alkanes) is 2. The molecule has 1 saturated carbocycles. The van der Waals surface area contributed by atoms with Crippen LogP contribution in [0.5, 0.6) is 0 Å². The Kier molecular flexibility index (Phi) is 12.7. The van der Waals surface area contributed by atoms with Gasteiger partial charge in [-0.05, 0) is 56.4 Å². The lowest BCUT2D eigenvalue weighted by molar-refractivity contribution is -0.147. The molecule has 3 atom stereocenters. The van der Waals surface area contributed by atoms with Gasteiger partial charge in [-0.1, -0.05) is 45.1 Å². The summed E-state index contributed by atoms with van der Waals surface area (Å²) in [6, 6.07) is 0. The van der Waals surface area contributed by atoms with Crippen molar-refractivity contribution in [1.29, 1.82) is 0 Å². The van der Waals surface area contributed by atoms with Crippen LogP contribution in [-0.4, -0.2) is 35.4 Å². The Bertz CT molecular complexity index is 511. The number of rotatable bonds is 15. The van der Waals surface area contributed by atoms with Gasteiger partial charge in [0.1, 0.15) is 6.10 Å². The van der Waals surface area contributed by atoms with E-state index in [1.807, 2.05) is 0 Å². The fourth-order valence-corrected chi connectivity index (χ4v) is 4.29. The van der Waals surface area contributed by atoms with Crippen molar-refractivity contribution in [2.75, 3.05) is 6.61 Å². The minimum absolute atomic E-state index is 0.0304. The lowest BCUT2D eigenvalue weighted by Gasteiger charge is -2.23. The molecule has 0 aliphatic heterocycles. The van der Waals surface area contributed by atoms with E-state index in [2.05, 4.69) is 6.92 Å². The lowest BCUT2D eigenvalue weighted by atomic mass is 9.86. The van der Waals surface area contributed by atoms with Crippen molar-refractivity contribution in [2.45, 2.75) is 97.0 Å². The summed E-state index contributed by atoms with van der Waals surface area (Å²) in [7, 11) is 0. The number of Topliss-reactive ketones (excluding diaryl/α,β-unsaturated/α-hetero) is 1. The molecule has 0 bridgehead atoms. The fraction of sp³-hybridized carbons (Fsp3) is 0.783. The predicted molar refractivity (Wildman–Crippen MR) is 110 cm³/mol. The van der Waals surface area contributed by atoms with E-state index < -0.39 is 5.78 Å². The van der Waals surface area contributed by atoms with Crippen LogP contribution in [0.3, 0.4) is 0 Å². The van der Waals surface area contributed by atoms with Crippen LogP contribution in [0.1, 0.15) is 90.9 Å². The third-order valence-corrected chi connectivity index (χ3v) is 5.77. The maximum atomic E-state index is 11.8. The molecule has 0 radical (unpaired) electrons. The highest BCUT2D eigenvalue weighted by molar-refractivity contribution is 6.41. The molecular formula is C23H38O5. The SMILES string of the molecule is CCCCC[C@@H](CC[C@H]1CCC[C@@H]1CCCC(=O)C(=O)C=CCO)OC(C)=O. The number of carbonyl (C=O) groups excluding carboxylic acids is 3. The van der Waals surface area contributed by atoms with Crippen molar-refractivity contribution < 1.29 is 24.2 Å². The summed E-state index contributed by atoms with van der Waals surface area (Å²) in [5.41, 5.74) is 0. The number of hydrogen-bond donors (Lipinski definition) is 1. The Morgan fingerprint density at radius 1 is 1.07 bits per heavy atom. The Balaban J connectivity index is 2.38. The number of esters is 1. The normalized spacial score (nSPS) is 20.4. The van der Waals surface area contributed by atoms with Crippen molar-refractivity contribution in [3.05, 3.63) is 12.2 Å². The Hall–Kier alpha value is -1.49. The van der Waals surface area contributed by atoms with E-state index in [1.165, 1.54) is 38.7 Å². The van der Waals surface area contributed by atoms with E-state index in [0.717, 1.165) is 51.0 Å². The Labute approximate surface area is 169 Å². The molecule has 5 nitrogen and oxygen atoms in total. The van der Waals surface area contributed by atoms with Gasteiger partial charge in [0.05, 0.1) is 6.61 Å². The van der Waals surface area contributed by atoms with Gasteiger partial charge in [0.25, 0.3) is 0 Å². The van der Waals surface area contributed by atoms with Gasteiger partial charge >= 0.3 is 5.97 Å². The molecule has 1 N–H and O–H groups in total. The zero-order chi connectivity index (χ0) is 20.8. The zero-order valence-corrected chi connectivity index (χ0v) is 17.7. The van der Waals surface area contributed by atoms with Gasteiger partial charge in [0.15, 0.2) is 0 Å².